The minimum Gasteiger partial charge on any atom is -0.542 e. The number of hydrogen-bond acceptors (Lipinski definition) is 5. The molecule has 1 fully saturated rings. The van der Waals surface area contributed by atoms with Crippen LogP contribution in [0.4, 0.5) is 17.6 Å². The van der Waals surface area contributed by atoms with Crippen molar-refractivity contribution in [3.05, 3.63) is 81.3 Å². The molecule has 2 N–H and O–H groups in total. The summed E-state index contributed by atoms with van der Waals surface area (Å²) in [5.74, 6) is -3.21. The number of rotatable bonds is 7. The van der Waals surface area contributed by atoms with Gasteiger partial charge >= 0.3 is 6.18 Å². The Hall–Kier alpha value is -4.03. The standard InChI is InChI=1S/C24H28FN5O2.C2HF3O2/c1-2-19-16-20(27-28-23(19)31)14-18-4-5-22(25)21(15-18)24(32)29-11-6-17(7-12-29)8-13-30-10-3-9-26-30;3-2(4,5)1(6)7/h3-5,9-10,15-17H,2,6-8,11-14H2,1H3,(H,28,31);(H,6,7). The average molecular weight is 552 g/mol. The fraction of sp³-hybridized carbons (Fsp3) is 0.423. The molecule has 1 amide bonds. The third-order valence-corrected chi connectivity index (χ3v) is 6.47. The second-order valence-corrected chi connectivity index (χ2v) is 9.20. The Morgan fingerprint density at radius 3 is 2.49 bits per heavy atom. The van der Waals surface area contributed by atoms with Crippen LogP contribution in [0.25, 0.3) is 0 Å². The van der Waals surface area contributed by atoms with E-state index in [0.29, 0.717) is 43.1 Å². The van der Waals surface area contributed by atoms with Crippen LogP contribution >= 0.6 is 0 Å². The van der Waals surface area contributed by atoms with E-state index in [0.717, 1.165) is 31.4 Å². The van der Waals surface area contributed by atoms with Crippen LogP contribution in [0.5, 0.6) is 0 Å². The zero-order valence-electron chi connectivity index (χ0n) is 21.3. The molecule has 0 unspecified atom stereocenters. The van der Waals surface area contributed by atoms with Crippen molar-refractivity contribution in [1.82, 2.24) is 20.2 Å². The second kappa shape index (κ2) is 13.2. The highest BCUT2D eigenvalue weighted by atomic mass is 19.4. The van der Waals surface area contributed by atoms with Gasteiger partial charge in [0.15, 0.2) is 12.7 Å². The highest BCUT2D eigenvalue weighted by molar-refractivity contribution is 5.94. The summed E-state index contributed by atoms with van der Waals surface area (Å²) < 4.78 is 48.1. The van der Waals surface area contributed by atoms with Gasteiger partial charge in [0.05, 0.1) is 17.5 Å². The summed E-state index contributed by atoms with van der Waals surface area (Å²) in [6, 6.07) is 8.36. The summed E-state index contributed by atoms with van der Waals surface area (Å²) in [4.78, 5) is 35.3. The van der Waals surface area contributed by atoms with Gasteiger partial charge in [-0.15, -0.1) is 4.68 Å². The number of halogens is 4. The molecule has 0 aliphatic carbocycles. The van der Waals surface area contributed by atoms with Gasteiger partial charge < -0.3 is 14.8 Å². The van der Waals surface area contributed by atoms with Gasteiger partial charge in [0.1, 0.15) is 11.8 Å². The summed E-state index contributed by atoms with van der Waals surface area (Å²) >= 11 is 0. The zero-order chi connectivity index (χ0) is 28.6. The predicted molar refractivity (Wildman–Crippen MR) is 129 cm³/mol. The van der Waals surface area contributed by atoms with E-state index in [1.165, 1.54) is 6.07 Å². The number of aromatic amines is 2. The smallest absolute Gasteiger partial charge is 0.430 e. The first-order valence-electron chi connectivity index (χ1n) is 12.4. The van der Waals surface area contributed by atoms with Gasteiger partial charge in [0, 0.05) is 37.6 Å². The fourth-order valence-corrected chi connectivity index (χ4v) is 4.29. The quantitative estimate of drug-likeness (QED) is 0.343. The van der Waals surface area contributed by atoms with E-state index in [1.807, 2.05) is 25.4 Å². The van der Waals surface area contributed by atoms with Crippen LogP contribution in [-0.2, 0) is 24.2 Å². The molecule has 1 aliphatic rings. The van der Waals surface area contributed by atoms with Crippen molar-refractivity contribution in [3.8, 4) is 0 Å². The van der Waals surface area contributed by atoms with E-state index in [2.05, 4.69) is 20.0 Å². The number of H-pyrrole nitrogens is 2. The highest BCUT2D eigenvalue weighted by Gasteiger charge is 2.29. The minimum atomic E-state index is -5.19. The van der Waals surface area contributed by atoms with E-state index < -0.39 is 18.0 Å². The first-order chi connectivity index (χ1) is 18.5. The van der Waals surface area contributed by atoms with Gasteiger partial charge in [-0.1, -0.05) is 13.0 Å². The van der Waals surface area contributed by atoms with Gasteiger partial charge in [0.2, 0.25) is 0 Å². The molecule has 0 bridgehead atoms. The number of carbonyl (C=O) groups is 2. The predicted octanol–water partition coefficient (Wildman–Crippen LogP) is 1.92. The molecular weight excluding hydrogens is 522 g/mol. The van der Waals surface area contributed by atoms with Crippen LogP contribution in [0.2, 0.25) is 0 Å². The van der Waals surface area contributed by atoms with Crippen molar-refractivity contribution >= 4 is 11.9 Å². The third-order valence-electron chi connectivity index (χ3n) is 6.47. The Balaban J connectivity index is 0.000000532. The van der Waals surface area contributed by atoms with Crippen LogP contribution in [-0.4, -0.2) is 51.3 Å². The average Bonchev–Trinajstić information content (AvgIpc) is 3.43. The van der Waals surface area contributed by atoms with E-state index in [1.54, 1.807) is 23.1 Å². The van der Waals surface area contributed by atoms with Crippen molar-refractivity contribution in [2.45, 2.75) is 51.7 Å². The molecule has 39 heavy (non-hydrogen) atoms. The lowest BCUT2D eigenvalue weighted by atomic mass is 9.93. The van der Waals surface area contributed by atoms with Crippen LogP contribution in [0.3, 0.4) is 0 Å². The monoisotopic (exact) mass is 551 g/mol. The number of aromatic nitrogens is 4. The Kier molecular flexibility index (Phi) is 9.96. The van der Waals surface area contributed by atoms with Crippen molar-refractivity contribution in [3.63, 3.8) is 0 Å². The number of benzene rings is 1. The molecule has 210 valence electrons. The first-order valence-corrected chi connectivity index (χ1v) is 12.4. The van der Waals surface area contributed by atoms with Crippen LogP contribution in [0.1, 0.15) is 53.4 Å². The number of aryl methyl sites for hydroxylation is 2. The molecule has 0 saturated carbocycles. The number of alkyl halides is 3. The normalized spacial score (nSPS) is 14.0. The largest absolute Gasteiger partial charge is 0.542 e. The molecule has 4 rings (SSSR count). The molecule has 13 heteroatoms. The lowest BCUT2D eigenvalue weighted by Crippen LogP contribution is -2.41. The number of amides is 1. The van der Waals surface area contributed by atoms with Crippen LogP contribution < -0.4 is 15.3 Å². The zero-order valence-corrected chi connectivity index (χ0v) is 21.3. The lowest BCUT2D eigenvalue weighted by molar-refractivity contribution is -0.751. The van der Waals surface area contributed by atoms with Gasteiger partial charge in [-0.25, -0.2) is 9.49 Å². The molecule has 3 aromatic rings. The van der Waals surface area contributed by atoms with Gasteiger partial charge in [0.25, 0.3) is 11.5 Å². The maximum atomic E-state index is 14.5. The lowest BCUT2D eigenvalue weighted by Gasteiger charge is -2.31. The molecule has 2 aromatic heterocycles. The number of nitrogens with one attached hydrogen (secondary N) is 2. The van der Waals surface area contributed by atoms with E-state index in [9.17, 15) is 27.2 Å². The van der Waals surface area contributed by atoms with Crippen molar-refractivity contribution in [2.24, 2.45) is 5.92 Å². The van der Waals surface area contributed by atoms with Crippen LogP contribution in [0, 0.1) is 11.7 Å². The third kappa shape index (κ3) is 8.48. The number of aliphatic carboxylic acids is 1. The molecule has 0 radical (unpaired) electrons. The van der Waals surface area contributed by atoms with Crippen molar-refractivity contribution < 1.29 is 36.9 Å². The number of carboxylic acids is 1. The van der Waals surface area contributed by atoms with Gasteiger partial charge in [-0.3, -0.25) is 9.59 Å². The SMILES string of the molecule is CCc1cc(Cc2ccc(F)c(C(=O)N3CCC(CC[n+]4ccc[nH]4)CC3)c2)n[nH]c1=O.O=C([O-])C(F)(F)F. The molecule has 0 spiro atoms. The Morgan fingerprint density at radius 1 is 1.21 bits per heavy atom. The summed E-state index contributed by atoms with van der Waals surface area (Å²) in [5.41, 5.74) is 2.04. The molecule has 3 heterocycles. The number of piperidine rings is 1. The Labute approximate surface area is 221 Å². The number of carboxylic acid groups (broad SMARTS) is 1. The molecule has 1 aromatic carbocycles. The Morgan fingerprint density at radius 2 is 1.90 bits per heavy atom. The molecular formula is C26H29F4N5O4. The number of nitrogens with zero attached hydrogens (tertiary/aromatic N) is 3. The summed E-state index contributed by atoms with van der Waals surface area (Å²) in [6.07, 6.45) is 2.66. The van der Waals surface area contributed by atoms with Crippen molar-refractivity contribution in [2.75, 3.05) is 13.1 Å². The van der Waals surface area contributed by atoms with Gasteiger partial charge in [-0.05, 0) is 48.9 Å². The number of carbonyl (C=O) groups excluding carboxylic acids is 2. The van der Waals surface area contributed by atoms with E-state index in [-0.39, 0.29) is 17.0 Å². The highest BCUT2D eigenvalue weighted by Crippen LogP contribution is 2.23. The topological polar surface area (TPSA) is 126 Å². The molecule has 1 saturated heterocycles. The van der Waals surface area contributed by atoms with E-state index in [4.69, 9.17) is 9.90 Å². The Bertz CT molecular complexity index is 1320. The maximum Gasteiger partial charge on any atom is 0.430 e. The minimum absolute atomic E-state index is 0.100. The van der Waals surface area contributed by atoms with Crippen molar-refractivity contribution in [1.29, 1.82) is 0 Å². The second-order valence-electron chi connectivity index (χ2n) is 9.20. The van der Waals surface area contributed by atoms with E-state index >= 15 is 0 Å². The molecule has 1 aliphatic heterocycles. The summed E-state index contributed by atoms with van der Waals surface area (Å²) in [6.45, 7) is 4.12. The summed E-state index contributed by atoms with van der Waals surface area (Å²) in [7, 11) is 0. The fourth-order valence-electron chi connectivity index (χ4n) is 4.29. The maximum absolute atomic E-state index is 14.5. The molecule has 9 nitrogen and oxygen atoms in total. The number of hydrogen-bond donors (Lipinski definition) is 2. The number of likely N-dealkylation sites (tertiary alicyclic amines) is 1. The van der Waals surface area contributed by atoms with Gasteiger partial charge in [-0.2, -0.15) is 23.4 Å². The van der Waals surface area contributed by atoms with Crippen LogP contribution in [0.15, 0.2) is 47.5 Å². The summed E-state index contributed by atoms with van der Waals surface area (Å²) in [5, 5.41) is 18.5. The molecule has 0 atom stereocenters. The first kappa shape index (κ1) is 29.5.